The highest BCUT2D eigenvalue weighted by Gasteiger charge is 2.48. The molecule has 1 aliphatic rings. The van der Waals surface area contributed by atoms with Crippen molar-refractivity contribution in [1.82, 2.24) is 15.1 Å². The van der Waals surface area contributed by atoms with E-state index in [4.69, 9.17) is 4.74 Å². The van der Waals surface area contributed by atoms with Gasteiger partial charge in [0.15, 0.2) is 0 Å². The number of rotatable bonds is 6. The number of hydrogen-bond acceptors (Lipinski definition) is 4. The number of carbonyl (C=O) groups is 3. The van der Waals surface area contributed by atoms with Gasteiger partial charge in [-0.1, -0.05) is 0 Å². The molecule has 0 saturated carbocycles. The Labute approximate surface area is 125 Å². The average molecular weight is 299 g/mol. The van der Waals surface area contributed by atoms with Gasteiger partial charge in [-0.15, -0.1) is 0 Å². The predicted molar refractivity (Wildman–Crippen MR) is 77.6 cm³/mol. The molecule has 7 heteroatoms. The maximum Gasteiger partial charge on any atom is 0.325 e. The summed E-state index contributed by atoms with van der Waals surface area (Å²) in [5.41, 5.74) is -1.10. The van der Waals surface area contributed by atoms with Gasteiger partial charge in [-0.3, -0.25) is 14.5 Å². The molecule has 1 atom stereocenters. The van der Waals surface area contributed by atoms with E-state index in [1.807, 2.05) is 27.7 Å². The fourth-order valence-corrected chi connectivity index (χ4v) is 2.67. The smallest absolute Gasteiger partial charge is 0.325 e. The summed E-state index contributed by atoms with van der Waals surface area (Å²) in [6.45, 7) is 9.01. The number of ether oxygens (including phenoxy) is 1. The van der Waals surface area contributed by atoms with Crippen LogP contribution in [0.15, 0.2) is 0 Å². The van der Waals surface area contributed by atoms with Crippen molar-refractivity contribution in [3.05, 3.63) is 0 Å². The van der Waals surface area contributed by atoms with Crippen LogP contribution in [-0.4, -0.2) is 65.5 Å². The number of carbonyl (C=O) groups excluding carboxylic acids is 3. The van der Waals surface area contributed by atoms with Gasteiger partial charge in [-0.05, 0) is 34.6 Å². The highest BCUT2D eigenvalue weighted by Crippen LogP contribution is 2.18. The molecular weight excluding hydrogens is 274 g/mol. The Morgan fingerprint density at radius 2 is 1.81 bits per heavy atom. The lowest BCUT2D eigenvalue weighted by Crippen LogP contribution is -2.50. The molecular formula is C14H25N3O4. The fraction of sp³-hybridized carbons (Fsp3) is 0.786. The van der Waals surface area contributed by atoms with Crippen molar-refractivity contribution in [2.75, 3.05) is 20.3 Å². The van der Waals surface area contributed by atoms with Crippen molar-refractivity contribution in [3.63, 3.8) is 0 Å². The van der Waals surface area contributed by atoms with Crippen molar-refractivity contribution >= 4 is 17.8 Å². The summed E-state index contributed by atoms with van der Waals surface area (Å²) in [7, 11) is 1.46. The van der Waals surface area contributed by atoms with Gasteiger partial charge in [-0.2, -0.15) is 0 Å². The van der Waals surface area contributed by atoms with Crippen molar-refractivity contribution in [2.45, 2.75) is 52.2 Å². The molecule has 0 radical (unpaired) electrons. The van der Waals surface area contributed by atoms with Crippen LogP contribution in [0.2, 0.25) is 0 Å². The average Bonchev–Trinajstić information content (AvgIpc) is 2.52. The molecule has 1 N–H and O–H groups in total. The van der Waals surface area contributed by atoms with Crippen LogP contribution in [0.3, 0.4) is 0 Å². The van der Waals surface area contributed by atoms with E-state index >= 15 is 0 Å². The number of nitrogens with one attached hydrogen (secondary N) is 1. The maximum absolute atomic E-state index is 12.4. The van der Waals surface area contributed by atoms with Crippen LogP contribution in [0.4, 0.5) is 4.79 Å². The molecule has 1 saturated heterocycles. The third-order valence-electron chi connectivity index (χ3n) is 3.47. The van der Waals surface area contributed by atoms with Gasteiger partial charge in [0.1, 0.15) is 12.1 Å². The zero-order valence-electron chi connectivity index (χ0n) is 13.6. The van der Waals surface area contributed by atoms with E-state index in [9.17, 15) is 14.4 Å². The number of urea groups is 1. The van der Waals surface area contributed by atoms with Crippen LogP contribution < -0.4 is 5.32 Å². The van der Waals surface area contributed by atoms with Crippen molar-refractivity contribution in [3.8, 4) is 0 Å². The lowest BCUT2D eigenvalue weighted by molar-refractivity contribution is -0.141. The summed E-state index contributed by atoms with van der Waals surface area (Å²) >= 11 is 0. The normalized spacial score (nSPS) is 22.2. The molecule has 1 aliphatic heterocycles. The highest BCUT2D eigenvalue weighted by molar-refractivity contribution is 6.08. The Bertz CT molecular complexity index is 428. The first kappa shape index (κ1) is 17.4. The van der Waals surface area contributed by atoms with E-state index in [-0.39, 0.29) is 31.1 Å². The van der Waals surface area contributed by atoms with Crippen molar-refractivity contribution in [1.29, 1.82) is 0 Å². The first-order valence-electron chi connectivity index (χ1n) is 7.08. The van der Waals surface area contributed by atoms with Crippen LogP contribution >= 0.6 is 0 Å². The fourth-order valence-electron chi connectivity index (χ4n) is 2.67. The van der Waals surface area contributed by atoms with Crippen LogP contribution in [0.1, 0.15) is 34.6 Å². The van der Waals surface area contributed by atoms with E-state index < -0.39 is 17.5 Å². The minimum atomic E-state index is -1.10. The highest BCUT2D eigenvalue weighted by atomic mass is 16.5. The quantitative estimate of drug-likeness (QED) is 0.728. The summed E-state index contributed by atoms with van der Waals surface area (Å²) in [5, 5.41) is 2.58. The van der Waals surface area contributed by atoms with Gasteiger partial charge in [0.2, 0.25) is 5.91 Å². The van der Waals surface area contributed by atoms with Crippen LogP contribution in [0, 0.1) is 0 Å². The van der Waals surface area contributed by atoms with Crippen LogP contribution in [0.5, 0.6) is 0 Å². The van der Waals surface area contributed by atoms with Gasteiger partial charge in [0.05, 0.1) is 6.61 Å². The number of methoxy groups -OCH3 is 1. The summed E-state index contributed by atoms with van der Waals surface area (Å²) < 4.78 is 4.97. The maximum atomic E-state index is 12.4. The van der Waals surface area contributed by atoms with Gasteiger partial charge in [0, 0.05) is 19.2 Å². The van der Waals surface area contributed by atoms with E-state index in [0.717, 1.165) is 4.90 Å². The molecule has 1 rings (SSSR count). The van der Waals surface area contributed by atoms with Gasteiger partial charge in [-0.25, -0.2) is 4.79 Å². The van der Waals surface area contributed by atoms with Gasteiger partial charge < -0.3 is 15.0 Å². The molecule has 0 aromatic carbocycles. The second-order valence-electron chi connectivity index (χ2n) is 6.08. The van der Waals surface area contributed by atoms with Crippen molar-refractivity contribution < 1.29 is 19.1 Å². The van der Waals surface area contributed by atoms with E-state index in [1.54, 1.807) is 11.8 Å². The Morgan fingerprint density at radius 1 is 1.29 bits per heavy atom. The lowest BCUT2D eigenvalue weighted by Gasteiger charge is -2.32. The summed E-state index contributed by atoms with van der Waals surface area (Å²) in [4.78, 5) is 39.2. The van der Waals surface area contributed by atoms with Crippen molar-refractivity contribution in [2.24, 2.45) is 0 Å². The summed E-state index contributed by atoms with van der Waals surface area (Å²) in [5.74, 6) is -0.680. The Hall–Kier alpha value is -1.63. The molecule has 4 amide bonds. The predicted octanol–water partition coefficient (Wildman–Crippen LogP) is 0.589. The number of amides is 4. The third kappa shape index (κ3) is 3.53. The standard InChI is InChI=1S/C14H25N3O4/c1-9(2)17(10(3)4)11(18)7-16-12(19)14(5,8-21-6)15-13(16)20/h9-10H,7-8H2,1-6H3,(H,15,20)/t14-/m1/s1. The van der Waals surface area contributed by atoms with Crippen LogP contribution in [-0.2, 0) is 14.3 Å². The Morgan fingerprint density at radius 3 is 2.24 bits per heavy atom. The van der Waals surface area contributed by atoms with E-state index in [1.165, 1.54) is 7.11 Å². The minimum Gasteiger partial charge on any atom is -0.382 e. The number of imide groups is 1. The first-order valence-corrected chi connectivity index (χ1v) is 7.08. The molecule has 0 aromatic heterocycles. The Kier molecular flexibility index (Phi) is 5.33. The molecule has 1 heterocycles. The molecule has 0 unspecified atom stereocenters. The molecule has 0 spiro atoms. The topological polar surface area (TPSA) is 79.0 Å². The van der Waals surface area contributed by atoms with E-state index in [0.29, 0.717) is 0 Å². The zero-order valence-corrected chi connectivity index (χ0v) is 13.6. The SMILES string of the molecule is COC[C@@]1(C)NC(=O)N(CC(=O)N(C(C)C)C(C)C)C1=O. The van der Waals surface area contributed by atoms with Crippen LogP contribution in [0.25, 0.3) is 0 Å². The largest absolute Gasteiger partial charge is 0.382 e. The Balaban J connectivity index is 2.86. The second kappa shape index (κ2) is 6.43. The molecule has 120 valence electrons. The molecule has 0 bridgehead atoms. The minimum absolute atomic E-state index is 0.00336. The van der Waals surface area contributed by atoms with E-state index in [2.05, 4.69) is 5.32 Å². The molecule has 21 heavy (non-hydrogen) atoms. The summed E-state index contributed by atoms with van der Waals surface area (Å²) in [6, 6.07) is -0.549. The first-order chi connectivity index (χ1) is 9.64. The summed E-state index contributed by atoms with van der Waals surface area (Å²) in [6.07, 6.45) is 0. The van der Waals surface area contributed by atoms with Gasteiger partial charge >= 0.3 is 6.03 Å². The number of nitrogens with zero attached hydrogens (tertiary/aromatic N) is 2. The molecule has 0 aromatic rings. The third-order valence-corrected chi connectivity index (χ3v) is 3.47. The lowest BCUT2D eigenvalue weighted by atomic mass is 10.0. The molecule has 7 nitrogen and oxygen atoms in total. The number of hydrogen-bond donors (Lipinski definition) is 1. The van der Waals surface area contributed by atoms with Gasteiger partial charge in [0.25, 0.3) is 5.91 Å². The zero-order chi connectivity index (χ0) is 16.4. The second-order valence-corrected chi connectivity index (χ2v) is 6.08. The molecule has 0 aliphatic carbocycles. The monoisotopic (exact) mass is 299 g/mol. The molecule has 1 fully saturated rings.